The summed E-state index contributed by atoms with van der Waals surface area (Å²) in [5.74, 6) is -3.05. The SMILES string of the molecule is CC[C@H]1NC(=O)[C@@H]2CC=C(Cl)N2C(=O)[C@@H](CC)NC(=O)C[C@H](c2ccccc2)NC(=O)[C@H](CO)NC1=O. The highest BCUT2D eigenvalue weighted by Crippen LogP contribution is 2.27. The third-order valence-electron chi connectivity index (χ3n) is 6.40. The molecule has 37 heavy (non-hydrogen) atoms. The number of nitrogens with zero attached hydrogens (tertiary/aromatic N) is 1. The van der Waals surface area contributed by atoms with Crippen molar-refractivity contribution in [2.45, 2.75) is 69.7 Å². The van der Waals surface area contributed by atoms with Crippen LogP contribution in [0.15, 0.2) is 41.6 Å². The predicted octanol–water partition coefficient (Wildman–Crippen LogP) is 0.195. The van der Waals surface area contributed by atoms with Gasteiger partial charge in [-0.2, -0.15) is 0 Å². The third kappa shape index (κ3) is 6.66. The van der Waals surface area contributed by atoms with Crippen molar-refractivity contribution in [3.05, 3.63) is 47.1 Å². The van der Waals surface area contributed by atoms with Gasteiger partial charge in [0, 0.05) is 0 Å². The summed E-state index contributed by atoms with van der Waals surface area (Å²) in [5, 5.41) is 20.4. The zero-order chi connectivity index (χ0) is 27.1. The van der Waals surface area contributed by atoms with Crippen LogP contribution in [0, 0.1) is 0 Å². The lowest BCUT2D eigenvalue weighted by Gasteiger charge is -2.31. The van der Waals surface area contributed by atoms with Crippen molar-refractivity contribution in [2.75, 3.05) is 6.61 Å². The highest BCUT2D eigenvalue weighted by Gasteiger charge is 2.40. The van der Waals surface area contributed by atoms with E-state index < -0.39 is 66.4 Å². The number of aliphatic hydroxyl groups is 1. The molecule has 0 aromatic heterocycles. The summed E-state index contributed by atoms with van der Waals surface area (Å²) in [6, 6.07) is 3.62. The van der Waals surface area contributed by atoms with Crippen molar-refractivity contribution < 1.29 is 29.1 Å². The number of aliphatic hydroxyl groups excluding tert-OH is 1. The number of rotatable bonds is 4. The number of benzene rings is 1. The first kappa shape index (κ1) is 28.1. The Morgan fingerprint density at radius 3 is 2.11 bits per heavy atom. The van der Waals surface area contributed by atoms with Crippen LogP contribution in [0.2, 0.25) is 0 Å². The molecule has 0 aliphatic carbocycles. The van der Waals surface area contributed by atoms with E-state index in [2.05, 4.69) is 21.3 Å². The Bertz CT molecular complexity index is 1060. The maximum absolute atomic E-state index is 13.4. The third-order valence-corrected chi connectivity index (χ3v) is 6.73. The number of hydrogen-bond donors (Lipinski definition) is 5. The fraction of sp³-hybridized carbons (Fsp3) is 0.480. The second-order valence-corrected chi connectivity index (χ2v) is 9.29. The van der Waals surface area contributed by atoms with Crippen LogP contribution in [0.4, 0.5) is 0 Å². The summed E-state index contributed by atoms with van der Waals surface area (Å²) in [5.41, 5.74) is 0.624. The quantitative estimate of drug-likeness (QED) is 0.348. The molecule has 0 radical (unpaired) electrons. The minimum absolute atomic E-state index is 0.0613. The topological polar surface area (TPSA) is 157 Å². The van der Waals surface area contributed by atoms with Crippen LogP contribution in [0.1, 0.15) is 51.1 Å². The van der Waals surface area contributed by atoms with Crippen molar-refractivity contribution >= 4 is 41.1 Å². The molecule has 5 amide bonds. The number of amides is 5. The largest absolute Gasteiger partial charge is 0.394 e. The van der Waals surface area contributed by atoms with Crippen LogP contribution in [-0.4, -0.2) is 70.3 Å². The molecule has 0 bridgehead atoms. The molecule has 2 aliphatic heterocycles. The van der Waals surface area contributed by atoms with Crippen molar-refractivity contribution in [3.8, 4) is 0 Å². The summed E-state index contributed by atoms with van der Waals surface area (Å²) in [7, 11) is 0. The van der Waals surface area contributed by atoms with Gasteiger partial charge in [-0.15, -0.1) is 0 Å². The Morgan fingerprint density at radius 1 is 0.865 bits per heavy atom. The molecule has 11 nitrogen and oxygen atoms in total. The van der Waals surface area contributed by atoms with Gasteiger partial charge in [-0.05, 0) is 30.9 Å². The molecule has 0 spiro atoms. The van der Waals surface area contributed by atoms with Gasteiger partial charge >= 0.3 is 0 Å². The lowest BCUT2D eigenvalue weighted by Crippen LogP contribution is -2.58. The maximum Gasteiger partial charge on any atom is 0.250 e. The van der Waals surface area contributed by atoms with Crippen LogP contribution in [0.3, 0.4) is 0 Å². The Morgan fingerprint density at radius 2 is 1.49 bits per heavy atom. The summed E-state index contributed by atoms with van der Waals surface area (Å²) in [4.78, 5) is 66.5. The zero-order valence-electron chi connectivity index (χ0n) is 20.7. The molecule has 0 unspecified atom stereocenters. The van der Waals surface area contributed by atoms with Gasteiger partial charge in [0.1, 0.15) is 29.3 Å². The molecule has 1 aromatic carbocycles. The van der Waals surface area contributed by atoms with E-state index in [1.807, 2.05) is 0 Å². The molecule has 1 aromatic rings. The maximum atomic E-state index is 13.4. The smallest absolute Gasteiger partial charge is 0.250 e. The Labute approximate surface area is 220 Å². The lowest BCUT2D eigenvalue weighted by atomic mass is 10.0. The van der Waals surface area contributed by atoms with Crippen LogP contribution >= 0.6 is 11.6 Å². The molecule has 0 saturated carbocycles. The highest BCUT2D eigenvalue weighted by molar-refractivity contribution is 6.31. The minimum atomic E-state index is -1.32. The van der Waals surface area contributed by atoms with Crippen molar-refractivity contribution in [2.24, 2.45) is 0 Å². The minimum Gasteiger partial charge on any atom is -0.394 e. The summed E-state index contributed by atoms with van der Waals surface area (Å²) in [6.07, 6.45) is 1.88. The van der Waals surface area contributed by atoms with E-state index >= 15 is 0 Å². The van der Waals surface area contributed by atoms with E-state index in [9.17, 15) is 29.1 Å². The monoisotopic (exact) mass is 533 g/mol. The molecule has 1 fully saturated rings. The number of fused-ring (bicyclic) bond motifs is 1. The van der Waals surface area contributed by atoms with E-state index in [4.69, 9.17) is 11.6 Å². The van der Waals surface area contributed by atoms with Gasteiger partial charge in [0.05, 0.1) is 19.1 Å². The number of carbonyl (C=O) groups is 5. The standard InChI is InChI=1S/C25H32ClN5O6/c1-3-15-22(34)30-18(13-32)23(35)29-17(14-8-6-5-7-9-14)12-21(33)27-16(4-2)25(37)31-19(24(36)28-15)10-11-20(31)26/h5-9,11,15-19,32H,3-4,10,12-13H2,1-2H3,(H,27,33)(H,28,36)(H,29,35)(H,30,34)/t15-,16-,17-,18+,19+/m1/s1. The van der Waals surface area contributed by atoms with Crippen LogP contribution in [0.5, 0.6) is 0 Å². The van der Waals surface area contributed by atoms with E-state index in [0.29, 0.717) is 5.56 Å². The van der Waals surface area contributed by atoms with Crippen LogP contribution in [0.25, 0.3) is 0 Å². The normalized spacial score (nSPS) is 28.0. The van der Waals surface area contributed by atoms with Crippen molar-refractivity contribution in [1.29, 1.82) is 0 Å². The van der Waals surface area contributed by atoms with E-state index in [1.165, 1.54) is 6.08 Å². The van der Waals surface area contributed by atoms with Gasteiger partial charge < -0.3 is 26.4 Å². The summed E-state index contributed by atoms with van der Waals surface area (Å²) in [6.45, 7) is 2.69. The lowest BCUT2D eigenvalue weighted by molar-refractivity contribution is -0.141. The van der Waals surface area contributed by atoms with Gasteiger partial charge in [0.25, 0.3) is 5.91 Å². The fourth-order valence-corrected chi connectivity index (χ4v) is 4.58. The summed E-state index contributed by atoms with van der Waals surface area (Å²) >= 11 is 6.28. The molecule has 1 saturated heterocycles. The second-order valence-electron chi connectivity index (χ2n) is 8.90. The molecule has 200 valence electrons. The first-order valence-corrected chi connectivity index (χ1v) is 12.6. The van der Waals surface area contributed by atoms with E-state index in [0.717, 1.165) is 4.90 Å². The molecule has 5 N–H and O–H groups in total. The molecular formula is C25H32ClN5O6. The van der Waals surface area contributed by atoms with Crippen molar-refractivity contribution in [1.82, 2.24) is 26.2 Å². The van der Waals surface area contributed by atoms with Crippen molar-refractivity contribution in [3.63, 3.8) is 0 Å². The number of halogens is 1. The molecule has 3 rings (SSSR count). The molecule has 12 heteroatoms. The van der Waals surface area contributed by atoms with Gasteiger partial charge in [0.2, 0.25) is 23.6 Å². The first-order chi connectivity index (χ1) is 17.7. The number of nitrogens with one attached hydrogen (secondary N) is 4. The summed E-state index contributed by atoms with van der Waals surface area (Å²) < 4.78 is 0. The Hall–Kier alpha value is -3.44. The van der Waals surface area contributed by atoms with Gasteiger partial charge in [0.15, 0.2) is 0 Å². The highest BCUT2D eigenvalue weighted by atomic mass is 35.5. The second kappa shape index (κ2) is 12.7. The van der Waals surface area contributed by atoms with Gasteiger partial charge in [-0.3, -0.25) is 28.9 Å². The van der Waals surface area contributed by atoms with E-state index in [1.54, 1.807) is 44.2 Å². The fourth-order valence-electron chi connectivity index (χ4n) is 4.29. The number of carbonyl (C=O) groups excluding carboxylic acids is 5. The Kier molecular flexibility index (Phi) is 9.65. The molecule has 5 atom stereocenters. The zero-order valence-corrected chi connectivity index (χ0v) is 21.5. The molecule has 2 heterocycles. The van der Waals surface area contributed by atoms with E-state index in [-0.39, 0.29) is 30.8 Å². The molecule has 2 aliphatic rings. The van der Waals surface area contributed by atoms with Gasteiger partial charge in [-0.1, -0.05) is 55.8 Å². The predicted molar refractivity (Wildman–Crippen MR) is 135 cm³/mol. The Balaban J connectivity index is 1.98. The average molecular weight is 534 g/mol. The van der Waals surface area contributed by atoms with Crippen LogP contribution in [-0.2, 0) is 24.0 Å². The molecular weight excluding hydrogens is 502 g/mol. The first-order valence-electron chi connectivity index (χ1n) is 12.2. The van der Waals surface area contributed by atoms with Gasteiger partial charge in [-0.25, -0.2) is 0 Å². The number of hydrogen-bond acceptors (Lipinski definition) is 6. The van der Waals surface area contributed by atoms with Crippen LogP contribution < -0.4 is 21.3 Å². The average Bonchev–Trinajstić information content (AvgIpc) is 3.29.